The standard InChI is InChI=1S/C6H7.2HI.Ru/c1-6-4-2-3-5-6;;;/h2,4H,3H2,1H3;2*1H;/q-1;;;+1. The van der Waals surface area contributed by atoms with Crippen LogP contribution in [-0.2, 0) is 19.5 Å². The Labute approximate surface area is 103 Å². The number of hydrogen-bond acceptors (Lipinski definition) is 0. The van der Waals surface area contributed by atoms with Crippen molar-refractivity contribution in [3.63, 3.8) is 0 Å². The molecule has 0 heterocycles. The van der Waals surface area contributed by atoms with Crippen LogP contribution >= 0.6 is 48.0 Å². The van der Waals surface area contributed by atoms with Crippen LogP contribution in [0.25, 0.3) is 0 Å². The fraction of sp³-hybridized carbons (Fsp3) is 0.333. The normalized spacial score (nSPS) is 12.3. The van der Waals surface area contributed by atoms with Crippen LogP contribution in [0, 0.1) is 6.08 Å². The van der Waals surface area contributed by atoms with Crippen molar-refractivity contribution in [1.82, 2.24) is 0 Å². The van der Waals surface area contributed by atoms with Crippen LogP contribution < -0.4 is 0 Å². The molecule has 0 aromatic heterocycles. The summed E-state index contributed by atoms with van der Waals surface area (Å²) in [6.07, 6.45) is 8.33. The summed E-state index contributed by atoms with van der Waals surface area (Å²) in [7, 11) is 0. The van der Waals surface area contributed by atoms with Gasteiger partial charge in [-0.25, -0.2) is 11.6 Å². The summed E-state index contributed by atoms with van der Waals surface area (Å²) in [4.78, 5) is 0. The molecule has 0 aromatic carbocycles. The van der Waals surface area contributed by atoms with E-state index in [1.165, 1.54) is 5.57 Å². The molecular formula is C6H9I2Ru. The first-order chi connectivity index (χ1) is 2.89. The molecule has 55 valence electrons. The first-order valence-corrected chi connectivity index (χ1v) is 2.13. The van der Waals surface area contributed by atoms with E-state index in [9.17, 15) is 0 Å². The first-order valence-electron chi connectivity index (χ1n) is 2.13. The quantitative estimate of drug-likeness (QED) is 0.312. The van der Waals surface area contributed by atoms with Gasteiger partial charge in [0.1, 0.15) is 0 Å². The van der Waals surface area contributed by atoms with E-state index in [2.05, 4.69) is 25.2 Å². The molecule has 3 heteroatoms. The van der Waals surface area contributed by atoms with Crippen LogP contribution in [0.5, 0.6) is 0 Å². The van der Waals surface area contributed by atoms with Gasteiger partial charge in [-0.3, -0.25) is 6.08 Å². The second-order valence-electron chi connectivity index (χ2n) is 1.47. The molecule has 0 atom stereocenters. The zero-order chi connectivity index (χ0) is 4.41. The third kappa shape index (κ3) is 7.46. The van der Waals surface area contributed by atoms with E-state index in [0.717, 1.165) is 6.42 Å². The molecule has 1 radical (unpaired) electrons. The maximum atomic E-state index is 3.12. The molecule has 9 heavy (non-hydrogen) atoms. The molecule has 0 bridgehead atoms. The van der Waals surface area contributed by atoms with Gasteiger partial charge < -0.3 is 0 Å². The smallest absolute Gasteiger partial charge is 0.270 e. The number of allylic oxidation sites excluding steroid dienone is 4. The van der Waals surface area contributed by atoms with Crippen molar-refractivity contribution < 1.29 is 19.5 Å². The third-order valence-corrected chi connectivity index (χ3v) is 0.867. The minimum absolute atomic E-state index is 0. The van der Waals surface area contributed by atoms with Crippen molar-refractivity contribution in [3.8, 4) is 0 Å². The fourth-order valence-electron chi connectivity index (χ4n) is 0.515. The van der Waals surface area contributed by atoms with Crippen molar-refractivity contribution in [3.05, 3.63) is 23.8 Å². The van der Waals surface area contributed by atoms with Crippen molar-refractivity contribution in [2.45, 2.75) is 13.3 Å². The molecule has 0 saturated carbocycles. The zero-order valence-electron chi connectivity index (χ0n) is 5.03. The number of hydrogen-bond donors (Lipinski definition) is 0. The first kappa shape index (κ1) is 16.9. The van der Waals surface area contributed by atoms with Crippen molar-refractivity contribution in [1.29, 1.82) is 0 Å². The Morgan fingerprint density at radius 2 is 2.00 bits per heavy atom. The Hall–Kier alpha value is 1.56. The summed E-state index contributed by atoms with van der Waals surface area (Å²) in [6, 6.07) is 0. The van der Waals surface area contributed by atoms with E-state index < -0.39 is 0 Å². The minimum Gasteiger partial charge on any atom is -0.270 e. The average Bonchev–Trinajstić information content (AvgIpc) is 1.86. The van der Waals surface area contributed by atoms with Gasteiger partial charge in [0.2, 0.25) is 0 Å². The van der Waals surface area contributed by atoms with Crippen LogP contribution in [0.15, 0.2) is 17.7 Å². The largest absolute Gasteiger partial charge is 1.00 e. The van der Waals surface area contributed by atoms with Crippen LogP contribution in [-0.4, -0.2) is 0 Å². The molecule has 0 aromatic rings. The topological polar surface area (TPSA) is 0 Å². The van der Waals surface area contributed by atoms with E-state index in [-0.39, 0.29) is 67.4 Å². The van der Waals surface area contributed by atoms with Gasteiger partial charge in [-0.05, 0) is 0 Å². The van der Waals surface area contributed by atoms with Crippen molar-refractivity contribution >= 4 is 48.0 Å². The van der Waals surface area contributed by atoms with Crippen molar-refractivity contribution in [2.24, 2.45) is 0 Å². The molecule has 0 unspecified atom stereocenters. The van der Waals surface area contributed by atoms with E-state index in [1.807, 2.05) is 0 Å². The average molecular weight is 436 g/mol. The maximum Gasteiger partial charge on any atom is 1.00 e. The number of rotatable bonds is 0. The Kier molecular flexibility index (Phi) is 17.9. The van der Waals surface area contributed by atoms with Crippen molar-refractivity contribution in [2.75, 3.05) is 0 Å². The molecule has 0 nitrogen and oxygen atoms in total. The Bertz CT molecular complexity index is 105. The fourth-order valence-corrected chi connectivity index (χ4v) is 0.515. The predicted octanol–water partition coefficient (Wildman–Crippen LogP) is 2.93. The predicted molar refractivity (Wildman–Crippen MR) is 57.0 cm³/mol. The van der Waals surface area contributed by atoms with Gasteiger partial charge in [0, 0.05) is 0 Å². The van der Waals surface area contributed by atoms with Gasteiger partial charge >= 0.3 is 19.5 Å². The molecule has 1 rings (SSSR count). The summed E-state index contributed by atoms with van der Waals surface area (Å²) in [6.45, 7) is 2.06. The van der Waals surface area contributed by atoms with Gasteiger partial charge in [-0.1, -0.05) is 6.92 Å². The summed E-state index contributed by atoms with van der Waals surface area (Å²) in [5, 5.41) is 0. The zero-order valence-corrected chi connectivity index (χ0v) is 11.4. The summed E-state index contributed by atoms with van der Waals surface area (Å²) in [5.41, 5.74) is 1.27. The monoisotopic (exact) mass is 437 g/mol. The van der Waals surface area contributed by atoms with Crippen LogP contribution in [0.2, 0.25) is 0 Å². The van der Waals surface area contributed by atoms with Gasteiger partial charge in [-0.2, -0.15) is 6.08 Å². The van der Waals surface area contributed by atoms with Gasteiger partial charge in [0.15, 0.2) is 0 Å². The maximum absolute atomic E-state index is 3.12. The molecule has 0 amide bonds. The molecular weight excluding hydrogens is 427 g/mol. The minimum atomic E-state index is 0. The van der Waals surface area contributed by atoms with E-state index in [1.54, 1.807) is 0 Å². The second kappa shape index (κ2) is 9.56. The molecule has 0 fully saturated rings. The van der Waals surface area contributed by atoms with Gasteiger partial charge in [0.05, 0.1) is 0 Å². The van der Waals surface area contributed by atoms with Gasteiger partial charge in [0.25, 0.3) is 0 Å². The molecule has 0 saturated heterocycles. The summed E-state index contributed by atoms with van der Waals surface area (Å²) < 4.78 is 0. The molecule has 1 aliphatic carbocycles. The third-order valence-electron chi connectivity index (χ3n) is 0.867. The second-order valence-corrected chi connectivity index (χ2v) is 1.47. The Morgan fingerprint density at radius 3 is 2.11 bits per heavy atom. The van der Waals surface area contributed by atoms with E-state index in [0.29, 0.717) is 0 Å². The molecule has 0 N–H and O–H groups in total. The number of halogens is 2. The SMILES string of the molecule is CC1=[C-]CC=C1.I.I.[Ru+]. The Morgan fingerprint density at radius 1 is 1.44 bits per heavy atom. The van der Waals surface area contributed by atoms with Crippen LogP contribution in [0.4, 0.5) is 0 Å². The summed E-state index contributed by atoms with van der Waals surface area (Å²) in [5.74, 6) is 0. The molecule has 0 aliphatic heterocycles. The Balaban J connectivity index is -0.000000120. The molecule has 0 spiro atoms. The van der Waals surface area contributed by atoms with E-state index >= 15 is 0 Å². The van der Waals surface area contributed by atoms with Crippen LogP contribution in [0.3, 0.4) is 0 Å². The van der Waals surface area contributed by atoms with Gasteiger partial charge in [-0.15, -0.1) is 54.4 Å². The molecule has 1 aliphatic rings. The van der Waals surface area contributed by atoms with E-state index in [4.69, 9.17) is 0 Å². The van der Waals surface area contributed by atoms with Crippen LogP contribution in [0.1, 0.15) is 13.3 Å². The summed E-state index contributed by atoms with van der Waals surface area (Å²) >= 11 is 0.